The summed E-state index contributed by atoms with van der Waals surface area (Å²) in [5.41, 5.74) is 2.33. The summed E-state index contributed by atoms with van der Waals surface area (Å²) in [6.07, 6.45) is 0.949. The average Bonchev–Trinajstić information content (AvgIpc) is 2.60. The van der Waals surface area contributed by atoms with Crippen molar-refractivity contribution in [2.75, 3.05) is 47.1 Å². The first kappa shape index (κ1) is 20.4. The van der Waals surface area contributed by atoms with Crippen LogP contribution in [0.1, 0.15) is 24.5 Å². The summed E-state index contributed by atoms with van der Waals surface area (Å²) in [6.45, 7) is 6.97. The molecule has 0 saturated heterocycles. The van der Waals surface area contributed by atoms with Crippen LogP contribution in [0.4, 0.5) is 0 Å². The molecule has 0 saturated carbocycles. The van der Waals surface area contributed by atoms with Crippen molar-refractivity contribution in [3.05, 3.63) is 35.4 Å². The molecule has 0 aliphatic rings. The molecule has 136 valence electrons. The van der Waals surface area contributed by atoms with E-state index in [1.54, 1.807) is 14.2 Å². The molecule has 0 amide bonds. The Balaban J connectivity index is 2.48. The van der Waals surface area contributed by atoms with E-state index < -0.39 is 0 Å². The van der Waals surface area contributed by atoms with Gasteiger partial charge >= 0.3 is 0 Å². The van der Waals surface area contributed by atoms with Crippen LogP contribution in [0.25, 0.3) is 0 Å². The van der Waals surface area contributed by atoms with Gasteiger partial charge in [-0.2, -0.15) is 0 Å². The van der Waals surface area contributed by atoms with Gasteiger partial charge in [-0.25, -0.2) is 4.99 Å². The third kappa shape index (κ3) is 9.50. The molecule has 0 aliphatic heterocycles. The van der Waals surface area contributed by atoms with Gasteiger partial charge in [0.2, 0.25) is 0 Å². The highest BCUT2D eigenvalue weighted by Crippen LogP contribution is 2.06. The van der Waals surface area contributed by atoms with Crippen molar-refractivity contribution in [1.82, 2.24) is 10.6 Å². The molecule has 0 bridgehead atoms. The highest BCUT2D eigenvalue weighted by molar-refractivity contribution is 5.79. The molecule has 6 nitrogen and oxygen atoms in total. The van der Waals surface area contributed by atoms with Crippen LogP contribution in [-0.2, 0) is 27.4 Å². The van der Waals surface area contributed by atoms with Crippen molar-refractivity contribution >= 4 is 5.96 Å². The zero-order valence-corrected chi connectivity index (χ0v) is 15.1. The lowest BCUT2D eigenvalue weighted by molar-refractivity contribution is 0.145. The quantitative estimate of drug-likeness (QED) is 0.347. The zero-order chi connectivity index (χ0) is 17.5. The molecular formula is C18H31N3O3. The smallest absolute Gasteiger partial charge is 0.191 e. The Morgan fingerprint density at radius 3 is 2.33 bits per heavy atom. The third-order valence-electron chi connectivity index (χ3n) is 3.31. The van der Waals surface area contributed by atoms with Crippen molar-refractivity contribution in [2.24, 2.45) is 4.99 Å². The number of rotatable bonds is 12. The van der Waals surface area contributed by atoms with Gasteiger partial charge in [-0.15, -0.1) is 0 Å². The number of hydrogen-bond acceptors (Lipinski definition) is 4. The number of nitrogens with one attached hydrogen (secondary N) is 2. The molecule has 0 spiro atoms. The number of benzene rings is 1. The second-order valence-electron chi connectivity index (χ2n) is 5.31. The summed E-state index contributed by atoms with van der Waals surface area (Å²) in [6, 6.07) is 8.31. The molecule has 2 N–H and O–H groups in total. The molecular weight excluding hydrogens is 306 g/mol. The predicted molar refractivity (Wildman–Crippen MR) is 97.3 cm³/mol. The predicted octanol–water partition coefficient (Wildman–Crippen LogP) is 1.94. The van der Waals surface area contributed by atoms with Crippen LogP contribution < -0.4 is 10.6 Å². The Morgan fingerprint density at radius 1 is 0.958 bits per heavy atom. The molecule has 0 atom stereocenters. The molecule has 0 unspecified atom stereocenters. The van der Waals surface area contributed by atoms with Crippen molar-refractivity contribution in [3.63, 3.8) is 0 Å². The summed E-state index contributed by atoms with van der Waals surface area (Å²) in [5, 5.41) is 6.59. The second kappa shape index (κ2) is 13.8. The molecule has 24 heavy (non-hydrogen) atoms. The SMILES string of the molecule is CCOCCCNC(=NCc1ccc(COC)cc1)NCCOC. The van der Waals surface area contributed by atoms with E-state index in [9.17, 15) is 0 Å². The average molecular weight is 337 g/mol. The molecule has 0 radical (unpaired) electrons. The van der Waals surface area contributed by atoms with Crippen molar-refractivity contribution in [1.29, 1.82) is 0 Å². The van der Waals surface area contributed by atoms with E-state index >= 15 is 0 Å². The van der Waals surface area contributed by atoms with Gasteiger partial charge in [-0.1, -0.05) is 24.3 Å². The fraction of sp³-hybridized carbons (Fsp3) is 0.611. The summed E-state index contributed by atoms with van der Waals surface area (Å²) in [4.78, 5) is 4.63. The normalized spacial score (nSPS) is 11.5. The van der Waals surface area contributed by atoms with Crippen molar-refractivity contribution < 1.29 is 14.2 Å². The minimum atomic E-state index is 0.626. The van der Waals surface area contributed by atoms with Gasteiger partial charge in [0.25, 0.3) is 0 Å². The summed E-state index contributed by atoms with van der Waals surface area (Å²) in [7, 11) is 3.39. The number of nitrogens with zero attached hydrogens (tertiary/aromatic N) is 1. The van der Waals surface area contributed by atoms with E-state index in [0.29, 0.717) is 19.8 Å². The van der Waals surface area contributed by atoms with E-state index in [0.717, 1.165) is 49.8 Å². The van der Waals surface area contributed by atoms with Gasteiger partial charge in [-0.05, 0) is 24.5 Å². The van der Waals surface area contributed by atoms with Gasteiger partial charge < -0.3 is 24.8 Å². The summed E-state index contributed by atoms with van der Waals surface area (Å²) in [5.74, 6) is 0.796. The second-order valence-corrected chi connectivity index (χ2v) is 5.31. The molecule has 1 aromatic rings. The van der Waals surface area contributed by atoms with Gasteiger partial charge in [0, 0.05) is 40.5 Å². The van der Waals surface area contributed by atoms with Crippen LogP contribution in [0.2, 0.25) is 0 Å². The molecule has 1 rings (SSSR count). The van der Waals surface area contributed by atoms with Crippen LogP contribution in [0.5, 0.6) is 0 Å². The third-order valence-corrected chi connectivity index (χ3v) is 3.31. The van der Waals surface area contributed by atoms with Gasteiger partial charge in [0.1, 0.15) is 0 Å². The van der Waals surface area contributed by atoms with Crippen LogP contribution in [0.15, 0.2) is 29.3 Å². The number of guanidine groups is 1. The van der Waals surface area contributed by atoms with Gasteiger partial charge in [0.05, 0.1) is 19.8 Å². The maximum Gasteiger partial charge on any atom is 0.191 e. The largest absolute Gasteiger partial charge is 0.383 e. The Hall–Kier alpha value is -1.63. The van der Waals surface area contributed by atoms with E-state index in [2.05, 4.69) is 39.9 Å². The minimum Gasteiger partial charge on any atom is -0.383 e. The highest BCUT2D eigenvalue weighted by atomic mass is 16.5. The van der Waals surface area contributed by atoms with Crippen LogP contribution in [0.3, 0.4) is 0 Å². The molecule has 0 heterocycles. The summed E-state index contributed by atoms with van der Waals surface area (Å²) < 4.78 is 15.5. The molecule has 6 heteroatoms. The number of ether oxygens (including phenoxy) is 3. The topological polar surface area (TPSA) is 64.1 Å². The van der Waals surface area contributed by atoms with Gasteiger partial charge in [0.15, 0.2) is 5.96 Å². The van der Waals surface area contributed by atoms with E-state index in [1.165, 1.54) is 0 Å². The fourth-order valence-corrected chi connectivity index (χ4v) is 2.05. The fourth-order valence-electron chi connectivity index (χ4n) is 2.05. The summed E-state index contributed by atoms with van der Waals surface area (Å²) >= 11 is 0. The maximum atomic E-state index is 5.34. The van der Waals surface area contributed by atoms with Gasteiger partial charge in [-0.3, -0.25) is 0 Å². The lowest BCUT2D eigenvalue weighted by atomic mass is 10.1. The maximum absolute atomic E-state index is 5.34. The van der Waals surface area contributed by atoms with Crippen molar-refractivity contribution in [2.45, 2.75) is 26.5 Å². The molecule has 0 aliphatic carbocycles. The Labute approximate surface area is 145 Å². The van der Waals surface area contributed by atoms with E-state index in [-0.39, 0.29) is 0 Å². The number of hydrogen-bond donors (Lipinski definition) is 2. The highest BCUT2D eigenvalue weighted by Gasteiger charge is 1.99. The minimum absolute atomic E-state index is 0.626. The Morgan fingerprint density at radius 2 is 1.67 bits per heavy atom. The molecule has 0 aromatic heterocycles. The van der Waals surface area contributed by atoms with Crippen LogP contribution in [-0.4, -0.2) is 53.1 Å². The Kier molecular flexibility index (Phi) is 11.7. The number of aliphatic imine (C=N–C) groups is 1. The zero-order valence-electron chi connectivity index (χ0n) is 15.1. The molecule has 0 fully saturated rings. The monoisotopic (exact) mass is 337 g/mol. The first-order chi connectivity index (χ1) is 11.8. The van der Waals surface area contributed by atoms with E-state index in [1.807, 2.05) is 6.92 Å². The first-order valence-corrected chi connectivity index (χ1v) is 8.45. The first-order valence-electron chi connectivity index (χ1n) is 8.45. The van der Waals surface area contributed by atoms with Crippen LogP contribution in [0, 0.1) is 0 Å². The lowest BCUT2D eigenvalue weighted by Gasteiger charge is -2.12. The molecule has 1 aromatic carbocycles. The Bertz CT molecular complexity index is 449. The standard InChI is InChI=1S/C18H31N3O3/c1-4-24-12-5-10-19-18(20-11-13-22-2)21-14-16-6-8-17(9-7-16)15-23-3/h6-9H,4-5,10-15H2,1-3H3,(H2,19,20,21). The van der Waals surface area contributed by atoms with Crippen molar-refractivity contribution in [3.8, 4) is 0 Å². The van der Waals surface area contributed by atoms with E-state index in [4.69, 9.17) is 14.2 Å². The lowest BCUT2D eigenvalue weighted by Crippen LogP contribution is -2.39. The van der Waals surface area contributed by atoms with Crippen LogP contribution >= 0.6 is 0 Å². The number of methoxy groups -OCH3 is 2.